The molecule has 2 aromatic rings. The van der Waals surface area contributed by atoms with Crippen molar-refractivity contribution < 1.29 is 0 Å². The minimum atomic E-state index is 0.533. The molecule has 0 aliphatic heterocycles. The van der Waals surface area contributed by atoms with E-state index < -0.39 is 0 Å². The van der Waals surface area contributed by atoms with E-state index in [1.54, 1.807) is 24.3 Å². The van der Waals surface area contributed by atoms with Gasteiger partial charge >= 0.3 is 0 Å². The molecule has 18 heavy (non-hydrogen) atoms. The summed E-state index contributed by atoms with van der Waals surface area (Å²) in [6.45, 7) is 0. The summed E-state index contributed by atoms with van der Waals surface area (Å²) in [5.74, 6) is 0. The van der Waals surface area contributed by atoms with E-state index in [-0.39, 0.29) is 0 Å². The minimum absolute atomic E-state index is 0.533. The van der Waals surface area contributed by atoms with E-state index in [1.165, 1.54) is 0 Å². The molecule has 0 saturated carbocycles. The number of hydrogen-bond acceptors (Lipinski definition) is 1. The summed E-state index contributed by atoms with van der Waals surface area (Å²) in [5, 5.41) is 10.3. The molecule has 3 heteroatoms. The van der Waals surface area contributed by atoms with Crippen LogP contribution in [0.15, 0.2) is 48.5 Å². The fourth-order valence-corrected chi connectivity index (χ4v) is 2.10. The molecule has 0 unspecified atom stereocenters. The van der Waals surface area contributed by atoms with Crippen molar-refractivity contribution in [3.8, 4) is 6.07 Å². The molecular formula is C15H9Cl2N. The number of rotatable bonds is 2. The lowest BCUT2D eigenvalue weighted by Gasteiger charge is -2.03. The molecule has 0 aromatic heterocycles. The van der Waals surface area contributed by atoms with Crippen molar-refractivity contribution in [2.24, 2.45) is 0 Å². The summed E-state index contributed by atoms with van der Waals surface area (Å²) in [4.78, 5) is 0. The third-order valence-electron chi connectivity index (χ3n) is 2.49. The maximum absolute atomic E-state index is 9.22. The van der Waals surface area contributed by atoms with Crippen LogP contribution >= 0.6 is 23.2 Å². The van der Waals surface area contributed by atoms with Crippen molar-refractivity contribution in [3.63, 3.8) is 0 Å². The molecule has 2 aromatic carbocycles. The van der Waals surface area contributed by atoms with Crippen LogP contribution in [0.4, 0.5) is 0 Å². The van der Waals surface area contributed by atoms with Crippen LogP contribution in [0.25, 0.3) is 11.6 Å². The normalized spacial score (nSPS) is 11.1. The van der Waals surface area contributed by atoms with E-state index >= 15 is 0 Å². The standard InChI is InChI=1S/C15H9Cl2N/c16-14-7-4-8-15(17)13(14)9-12(10-18)11-5-2-1-3-6-11/h1-9H/b12-9-. The molecule has 0 radical (unpaired) electrons. The van der Waals surface area contributed by atoms with Crippen molar-refractivity contribution in [3.05, 3.63) is 69.7 Å². The second-order valence-electron chi connectivity index (χ2n) is 3.67. The monoisotopic (exact) mass is 273 g/mol. The van der Waals surface area contributed by atoms with Crippen LogP contribution in [-0.2, 0) is 0 Å². The lowest BCUT2D eigenvalue weighted by Crippen LogP contribution is -1.83. The van der Waals surface area contributed by atoms with Gasteiger partial charge in [0.2, 0.25) is 0 Å². The summed E-state index contributed by atoms with van der Waals surface area (Å²) in [7, 11) is 0. The first-order valence-corrected chi connectivity index (χ1v) is 6.09. The molecule has 2 rings (SSSR count). The smallest absolute Gasteiger partial charge is 0.0998 e. The number of nitriles is 1. The largest absolute Gasteiger partial charge is 0.192 e. The van der Waals surface area contributed by atoms with Crippen LogP contribution in [0, 0.1) is 11.3 Å². The predicted octanol–water partition coefficient (Wildman–Crippen LogP) is 5.06. The SMILES string of the molecule is N#C/C(=C/c1c(Cl)cccc1Cl)c1ccccc1. The quantitative estimate of drug-likeness (QED) is 0.554. The van der Waals surface area contributed by atoms with Gasteiger partial charge in [-0.2, -0.15) is 5.26 Å². The van der Waals surface area contributed by atoms with Crippen LogP contribution < -0.4 is 0 Å². The highest BCUT2D eigenvalue weighted by Crippen LogP contribution is 2.28. The zero-order chi connectivity index (χ0) is 13.0. The average molecular weight is 274 g/mol. The zero-order valence-electron chi connectivity index (χ0n) is 9.40. The fourth-order valence-electron chi connectivity index (χ4n) is 1.59. The molecule has 0 bridgehead atoms. The van der Waals surface area contributed by atoms with E-state index in [0.717, 1.165) is 5.56 Å². The Bertz CT molecular complexity index is 604. The van der Waals surface area contributed by atoms with Crippen LogP contribution in [0.2, 0.25) is 10.0 Å². The molecule has 0 saturated heterocycles. The fraction of sp³-hybridized carbons (Fsp3) is 0. The minimum Gasteiger partial charge on any atom is -0.192 e. The molecule has 0 spiro atoms. The molecule has 1 nitrogen and oxygen atoms in total. The highest BCUT2D eigenvalue weighted by atomic mass is 35.5. The van der Waals surface area contributed by atoms with Crippen LogP contribution in [-0.4, -0.2) is 0 Å². The molecule has 0 amide bonds. The van der Waals surface area contributed by atoms with Gasteiger partial charge in [0.25, 0.3) is 0 Å². The Morgan fingerprint density at radius 2 is 1.56 bits per heavy atom. The van der Waals surface area contributed by atoms with Gasteiger partial charge in [-0.3, -0.25) is 0 Å². The lowest BCUT2D eigenvalue weighted by molar-refractivity contribution is 1.52. The molecule has 0 aliphatic rings. The van der Waals surface area contributed by atoms with Crippen LogP contribution in [0.1, 0.15) is 11.1 Å². The summed E-state index contributed by atoms with van der Waals surface area (Å²) in [5.41, 5.74) is 2.04. The van der Waals surface area contributed by atoms with Gasteiger partial charge < -0.3 is 0 Å². The maximum atomic E-state index is 9.22. The van der Waals surface area contributed by atoms with Gasteiger partial charge in [0.05, 0.1) is 11.6 Å². The Morgan fingerprint density at radius 3 is 2.11 bits per heavy atom. The number of halogens is 2. The van der Waals surface area contributed by atoms with E-state index in [4.69, 9.17) is 23.2 Å². The van der Waals surface area contributed by atoms with Gasteiger partial charge in [-0.1, -0.05) is 59.6 Å². The lowest BCUT2D eigenvalue weighted by atomic mass is 10.0. The first kappa shape index (κ1) is 12.7. The zero-order valence-corrected chi connectivity index (χ0v) is 10.9. The first-order chi connectivity index (χ1) is 8.72. The van der Waals surface area contributed by atoms with E-state index in [0.29, 0.717) is 21.2 Å². The molecule has 0 N–H and O–H groups in total. The first-order valence-electron chi connectivity index (χ1n) is 5.33. The Kier molecular flexibility index (Phi) is 4.04. The van der Waals surface area contributed by atoms with Crippen molar-refractivity contribution in [1.29, 1.82) is 5.26 Å². The van der Waals surface area contributed by atoms with Gasteiger partial charge in [-0.15, -0.1) is 0 Å². The topological polar surface area (TPSA) is 23.8 Å². The van der Waals surface area contributed by atoms with E-state index in [9.17, 15) is 5.26 Å². The Labute approximate surface area is 116 Å². The van der Waals surface area contributed by atoms with Gasteiger partial charge in [-0.25, -0.2) is 0 Å². The molecule has 0 aliphatic carbocycles. The number of hydrogen-bond donors (Lipinski definition) is 0. The number of benzene rings is 2. The van der Waals surface area contributed by atoms with Crippen LogP contribution in [0.3, 0.4) is 0 Å². The molecule has 0 fully saturated rings. The van der Waals surface area contributed by atoms with Crippen molar-refractivity contribution >= 4 is 34.9 Å². The maximum Gasteiger partial charge on any atom is 0.0998 e. The third-order valence-corrected chi connectivity index (χ3v) is 3.15. The second-order valence-corrected chi connectivity index (χ2v) is 4.49. The predicted molar refractivity (Wildman–Crippen MR) is 76.4 cm³/mol. The average Bonchev–Trinajstić information content (AvgIpc) is 2.40. The third kappa shape index (κ3) is 2.73. The van der Waals surface area contributed by atoms with Gasteiger partial charge in [0.15, 0.2) is 0 Å². The number of allylic oxidation sites excluding steroid dienone is 1. The summed E-state index contributed by atoms with van der Waals surface area (Å²) >= 11 is 12.2. The van der Waals surface area contributed by atoms with E-state index in [2.05, 4.69) is 6.07 Å². The van der Waals surface area contributed by atoms with Crippen LogP contribution in [0.5, 0.6) is 0 Å². The second kappa shape index (κ2) is 5.73. The van der Waals surface area contributed by atoms with Crippen molar-refractivity contribution in [2.45, 2.75) is 0 Å². The molecule has 88 valence electrons. The summed E-state index contributed by atoms with van der Waals surface area (Å²) in [6.07, 6.45) is 1.71. The van der Waals surface area contributed by atoms with Gasteiger partial charge in [-0.05, 0) is 23.8 Å². The van der Waals surface area contributed by atoms with Crippen molar-refractivity contribution in [2.75, 3.05) is 0 Å². The molecule has 0 atom stereocenters. The Balaban J connectivity index is 2.53. The summed E-state index contributed by atoms with van der Waals surface area (Å²) < 4.78 is 0. The highest BCUT2D eigenvalue weighted by Gasteiger charge is 2.06. The Hall–Kier alpha value is -1.75. The summed E-state index contributed by atoms with van der Waals surface area (Å²) in [6, 6.07) is 16.9. The van der Waals surface area contributed by atoms with Gasteiger partial charge in [0.1, 0.15) is 0 Å². The van der Waals surface area contributed by atoms with E-state index in [1.807, 2.05) is 30.3 Å². The molecular weight excluding hydrogens is 265 g/mol. The molecule has 0 heterocycles. The van der Waals surface area contributed by atoms with Gasteiger partial charge in [0, 0.05) is 15.6 Å². The van der Waals surface area contributed by atoms with Crippen molar-refractivity contribution in [1.82, 2.24) is 0 Å². The highest BCUT2D eigenvalue weighted by molar-refractivity contribution is 6.37. The Morgan fingerprint density at radius 1 is 0.944 bits per heavy atom. The number of nitrogens with zero attached hydrogens (tertiary/aromatic N) is 1.